The molecule has 0 atom stereocenters. The third-order valence-electron chi connectivity index (χ3n) is 3.25. The van der Waals surface area contributed by atoms with Gasteiger partial charge in [0, 0.05) is 19.0 Å². The van der Waals surface area contributed by atoms with Crippen molar-refractivity contribution in [1.29, 1.82) is 5.41 Å². The quantitative estimate of drug-likeness (QED) is 0.478. The van der Waals surface area contributed by atoms with Gasteiger partial charge in [-0.2, -0.15) is 0 Å². The predicted octanol–water partition coefficient (Wildman–Crippen LogP) is 1.58. The highest BCUT2D eigenvalue weighted by atomic mass is 15.2. The molecule has 0 aromatic heterocycles. The van der Waals surface area contributed by atoms with Crippen LogP contribution in [0.5, 0.6) is 0 Å². The molecule has 0 aliphatic heterocycles. The largest absolute Gasteiger partial charge is 0.388 e. The van der Waals surface area contributed by atoms with Crippen LogP contribution in [0.1, 0.15) is 38.5 Å². The summed E-state index contributed by atoms with van der Waals surface area (Å²) in [5, 5.41) is 7.23. The van der Waals surface area contributed by atoms with Gasteiger partial charge in [-0.25, -0.2) is 0 Å². The molecule has 2 aliphatic carbocycles. The number of rotatable bonds is 7. The summed E-state index contributed by atoms with van der Waals surface area (Å²) in [6.07, 6.45) is 7.75. The Kier molecular flexibility index (Phi) is 3.06. The standard InChI is InChI=1S/C11H21N3/c12-11(13)6-8-14(10-3-4-10)7-5-9-1-2-9/h9-10H,1-8H2,(H3,12,13). The van der Waals surface area contributed by atoms with Crippen LogP contribution in [0.15, 0.2) is 0 Å². The van der Waals surface area contributed by atoms with Crippen LogP contribution < -0.4 is 5.73 Å². The summed E-state index contributed by atoms with van der Waals surface area (Å²) >= 11 is 0. The van der Waals surface area contributed by atoms with Crippen molar-refractivity contribution in [1.82, 2.24) is 4.90 Å². The summed E-state index contributed by atoms with van der Waals surface area (Å²) in [5.74, 6) is 1.36. The van der Waals surface area contributed by atoms with Crippen LogP contribution in [0.25, 0.3) is 0 Å². The van der Waals surface area contributed by atoms with Crippen molar-refractivity contribution in [2.75, 3.05) is 13.1 Å². The fourth-order valence-electron chi connectivity index (χ4n) is 1.94. The summed E-state index contributed by atoms with van der Waals surface area (Å²) in [6.45, 7) is 2.25. The molecule has 2 saturated carbocycles. The number of amidine groups is 1. The fourth-order valence-corrected chi connectivity index (χ4v) is 1.94. The second-order valence-electron chi connectivity index (χ2n) is 4.77. The maximum absolute atomic E-state index is 7.23. The van der Waals surface area contributed by atoms with Gasteiger partial charge >= 0.3 is 0 Å². The molecule has 3 heteroatoms. The molecule has 3 N–H and O–H groups in total. The first-order valence-electron chi connectivity index (χ1n) is 5.82. The first-order chi connectivity index (χ1) is 6.75. The SMILES string of the molecule is N=C(N)CCN(CCC1CC1)C1CC1. The van der Waals surface area contributed by atoms with E-state index in [9.17, 15) is 0 Å². The van der Waals surface area contributed by atoms with E-state index in [0.29, 0.717) is 5.84 Å². The van der Waals surface area contributed by atoms with Crippen LogP contribution in [-0.2, 0) is 0 Å². The fraction of sp³-hybridized carbons (Fsp3) is 0.909. The molecule has 2 aliphatic rings. The highest BCUT2D eigenvalue weighted by molar-refractivity contribution is 5.76. The van der Waals surface area contributed by atoms with Gasteiger partial charge in [-0.05, 0) is 31.7 Å². The van der Waals surface area contributed by atoms with Gasteiger partial charge in [0.15, 0.2) is 0 Å². The summed E-state index contributed by atoms with van der Waals surface area (Å²) in [7, 11) is 0. The second kappa shape index (κ2) is 4.30. The molecular weight excluding hydrogens is 174 g/mol. The zero-order valence-corrected chi connectivity index (χ0v) is 8.84. The van der Waals surface area contributed by atoms with E-state index in [1.54, 1.807) is 0 Å². The van der Waals surface area contributed by atoms with Gasteiger partial charge < -0.3 is 5.73 Å². The predicted molar refractivity (Wildman–Crippen MR) is 58.5 cm³/mol. The lowest BCUT2D eigenvalue weighted by Crippen LogP contribution is -2.31. The lowest BCUT2D eigenvalue weighted by Gasteiger charge is -2.21. The van der Waals surface area contributed by atoms with E-state index in [4.69, 9.17) is 11.1 Å². The van der Waals surface area contributed by atoms with Gasteiger partial charge in [0.05, 0.1) is 5.84 Å². The molecule has 0 unspecified atom stereocenters. The average Bonchev–Trinajstić information content (AvgIpc) is 2.99. The van der Waals surface area contributed by atoms with E-state index in [1.165, 1.54) is 38.6 Å². The number of nitrogens with two attached hydrogens (primary N) is 1. The zero-order chi connectivity index (χ0) is 9.97. The van der Waals surface area contributed by atoms with E-state index in [2.05, 4.69) is 4.90 Å². The Morgan fingerprint density at radius 1 is 1.21 bits per heavy atom. The van der Waals surface area contributed by atoms with E-state index >= 15 is 0 Å². The molecule has 0 spiro atoms. The number of nitrogens with zero attached hydrogens (tertiary/aromatic N) is 1. The third kappa shape index (κ3) is 3.29. The molecule has 2 fully saturated rings. The molecule has 14 heavy (non-hydrogen) atoms. The highest BCUT2D eigenvalue weighted by Gasteiger charge is 2.30. The van der Waals surface area contributed by atoms with Gasteiger partial charge in [-0.15, -0.1) is 0 Å². The van der Waals surface area contributed by atoms with Crippen molar-refractivity contribution in [3.63, 3.8) is 0 Å². The van der Waals surface area contributed by atoms with Crippen molar-refractivity contribution >= 4 is 5.84 Å². The monoisotopic (exact) mass is 195 g/mol. The molecule has 0 bridgehead atoms. The minimum atomic E-state index is 0.335. The molecule has 0 saturated heterocycles. The molecule has 2 rings (SSSR count). The summed E-state index contributed by atoms with van der Waals surface area (Å²) in [6, 6.07) is 0.827. The Labute approximate surface area is 86.2 Å². The van der Waals surface area contributed by atoms with Crippen LogP contribution in [0.2, 0.25) is 0 Å². The Hall–Kier alpha value is -0.570. The number of nitrogens with one attached hydrogen (secondary N) is 1. The second-order valence-corrected chi connectivity index (χ2v) is 4.77. The smallest absolute Gasteiger partial charge is 0.0918 e. The molecule has 3 nitrogen and oxygen atoms in total. The molecule has 0 amide bonds. The normalized spacial score (nSPS) is 21.5. The van der Waals surface area contributed by atoms with Gasteiger partial charge in [-0.1, -0.05) is 12.8 Å². The molecule has 0 aromatic carbocycles. The van der Waals surface area contributed by atoms with Crippen molar-refractivity contribution in [3.8, 4) is 0 Å². The molecule has 80 valence electrons. The summed E-state index contributed by atoms with van der Waals surface area (Å²) in [5.41, 5.74) is 5.39. The Morgan fingerprint density at radius 2 is 1.93 bits per heavy atom. The van der Waals surface area contributed by atoms with Crippen LogP contribution in [0, 0.1) is 11.3 Å². The van der Waals surface area contributed by atoms with E-state index in [1.807, 2.05) is 0 Å². The Morgan fingerprint density at radius 3 is 2.43 bits per heavy atom. The lowest BCUT2D eigenvalue weighted by molar-refractivity contribution is 0.262. The van der Waals surface area contributed by atoms with E-state index < -0.39 is 0 Å². The molecule has 0 radical (unpaired) electrons. The van der Waals surface area contributed by atoms with Crippen molar-refractivity contribution in [2.45, 2.75) is 44.6 Å². The van der Waals surface area contributed by atoms with Crippen molar-refractivity contribution < 1.29 is 0 Å². The topological polar surface area (TPSA) is 53.1 Å². The van der Waals surface area contributed by atoms with Gasteiger partial charge in [0.25, 0.3) is 0 Å². The van der Waals surface area contributed by atoms with Gasteiger partial charge in [-0.3, -0.25) is 10.3 Å². The van der Waals surface area contributed by atoms with E-state index in [0.717, 1.165) is 24.9 Å². The minimum Gasteiger partial charge on any atom is -0.388 e. The number of hydrogen-bond acceptors (Lipinski definition) is 2. The Bertz CT molecular complexity index is 207. The molecular formula is C11H21N3. The maximum atomic E-state index is 7.23. The van der Waals surface area contributed by atoms with Crippen LogP contribution in [0.3, 0.4) is 0 Å². The summed E-state index contributed by atoms with van der Waals surface area (Å²) < 4.78 is 0. The van der Waals surface area contributed by atoms with Gasteiger partial charge in [0.1, 0.15) is 0 Å². The van der Waals surface area contributed by atoms with E-state index in [-0.39, 0.29) is 0 Å². The molecule has 0 aromatic rings. The Balaban J connectivity index is 1.66. The first-order valence-corrected chi connectivity index (χ1v) is 5.82. The van der Waals surface area contributed by atoms with Crippen molar-refractivity contribution in [2.24, 2.45) is 11.7 Å². The maximum Gasteiger partial charge on any atom is 0.0918 e. The number of hydrogen-bond donors (Lipinski definition) is 2. The van der Waals surface area contributed by atoms with Gasteiger partial charge in [0.2, 0.25) is 0 Å². The first kappa shape index (κ1) is 9.97. The highest BCUT2D eigenvalue weighted by Crippen LogP contribution is 2.34. The minimum absolute atomic E-state index is 0.335. The zero-order valence-electron chi connectivity index (χ0n) is 8.84. The summed E-state index contributed by atoms with van der Waals surface area (Å²) in [4.78, 5) is 2.54. The lowest BCUT2D eigenvalue weighted by atomic mass is 10.2. The average molecular weight is 195 g/mol. The van der Waals surface area contributed by atoms with Crippen LogP contribution >= 0.6 is 0 Å². The molecule has 0 heterocycles. The van der Waals surface area contributed by atoms with Crippen molar-refractivity contribution in [3.05, 3.63) is 0 Å². The van der Waals surface area contributed by atoms with Crippen LogP contribution in [-0.4, -0.2) is 29.9 Å². The van der Waals surface area contributed by atoms with Crippen LogP contribution in [0.4, 0.5) is 0 Å². The third-order valence-corrected chi connectivity index (χ3v) is 3.25.